The van der Waals surface area contributed by atoms with E-state index in [2.05, 4.69) is 43.0 Å². The van der Waals surface area contributed by atoms with Crippen molar-refractivity contribution < 1.29 is 29.3 Å². The minimum atomic E-state index is -1.82. The highest BCUT2D eigenvalue weighted by molar-refractivity contribution is 6.27. The van der Waals surface area contributed by atoms with E-state index < -0.39 is 11.9 Å². The molecule has 0 aliphatic heterocycles. The van der Waals surface area contributed by atoms with Crippen LogP contribution in [0.1, 0.15) is 37.8 Å². The molecule has 2 rings (SSSR count). The van der Waals surface area contributed by atoms with Crippen molar-refractivity contribution in [3.8, 4) is 11.5 Å². The third-order valence-corrected chi connectivity index (χ3v) is 4.44. The van der Waals surface area contributed by atoms with Crippen molar-refractivity contribution >= 4 is 11.9 Å². The van der Waals surface area contributed by atoms with Gasteiger partial charge < -0.3 is 24.6 Å². The molecule has 0 aliphatic rings. The Morgan fingerprint density at radius 2 is 1.45 bits per heavy atom. The van der Waals surface area contributed by atoms with Gasteiger partial charge in [-0.3, -0.25) is 0 Å². The minimum absolute atomic E-state index is 0.554. The molecule has 31 heavy (non-hydrogen) atoms. The Morgan fingerprint density at radius 3 is 1.97 bits per heavy atom. The van der Waals surface area contributed by atoms with Gasteiger partial charge in [0, 0.05) is 6.54 Å². The second-order valence-corrected chi connectivity index (χ2v) is 6.96. The Bertz CT molecular complexity index is 776. The zero-order valence-electron chi connectivity index (χ0n) is 18.5. The molecule has 2 N–H and O–H groups in total. The van der Waals surface area contributed by atoms with Gasteiger partial charge in [-0.05, 0) is 55.6 Å². The minimum Gasteiger partial charge on any atom is -0.493 e. The molecule has 0 fully saturated rings. The lowest BCUT2D eigenvalue weighted by molar-refractivity contribution is -0.159. The van der Waals surface area contributed by atoms with E-state index in [4.69, 9.17) is 29.3 Å². The molecular formula is C24H33NO6. The number of aliphatic carboxylic acids is 2. The first-order chi connectivity index (χ1) is 14.9. The fraction of sp³-hybridized carbons (Fsp3) is 0.417. The maximum Gasteiger partial charge on any atom is 0.414 e. The van der Waals surface area contributed by atoms with Crippen LogP contribution < -0.4 is 9.47 Å². The second kappa shape index (κ2) is 14.8. The SMILES string of the molecule is CCCN(CCC)CCc1ccc(OC)c(OCc2ccccc2)c1.O=C(O)C(=O)O. The summed E-state index contributed by atoms with van der Waals surface area (Å²) in [5.41, 5.74) is 2.45. The van der Waals surface area contributed by atoms with E-state index in [1.54, 1.807) is 7.11 Å². The Hall–Kier alpha value is -3.06. The molecule has 0 aliphatic carbocycles. The summed E-state index contributed by atoms with van der Waals surface area (Å²) in [4.78, 5) is 20.7. The van der Waals surface area contributed by atoms with Crippen molar-refractivity contribution in [1.29, 1.82) is 0 Å². The summed E-state index contributed by atoms with van der Waals surface area (Å²) < 4.78 is 11.5. The molecule has 7 heteroatoms. The molecular weight excluding hydrogens is 398 g/mol. The highest BCUT2D eigenvalue weighted by Crippen LogP contribution is 2.29. The van der Waals surface area contributed by atoms with Crippen molar-refractivity contribution in [2.45, 2.75) is 39.7 Å². The molecule has 0 heterocycles. The molecule has 0 aromatic heterocycles. The van der Waals surface area contributed by atoms with Crippen LogP contribution in [0, 0.1) is 0 Å². The van der Waals surface area contributed by atoms with Crippen LogP contribution in [0.15, 0.2) is 48.5 Å². The number of benzene rings is 2. The summed E-state index contributed by atoms with van der Waals surface area (Å²) in [7, 11) is 1.69. The van der Waals surface area contributed by atoms with E-state index in [-0.39, 0.29) is 0 Å². The molecule has 0 atom stereocenters. The molecule has 0 saturated carbocycles. The van der Waals surface area contributed by atoms with E-state index in [0.717, 1.165) is 30.0 Å². The van der Waals surface area contributed by atoms with E-state index in [0.29, 0.717) is 6.61 Å². The van der Waals surface area contributed by atoms with E-state index in [1.165, 1.54) is 31.5 Å². The number of hydrogen-bond acceptors (Lipinski definition) is 5. The van der Waals surface area contributed by atoms with Crippen molar-refractivity contribution in [1.82, 2.24) is 4.90 Å². The van der Waals surface area contributed by atoms with Crippen molar-refractivity contribution in [3.63, 3.8) is 0 Å². The smallest absolute Gasteiger partial charge is 0.414 e. The predicted molar refractivity (Wildman–Crippen MR) is 120 cm³/mol. The number of ether oxygens (including phenoxy) is 2. The lowest BCUT2D eigenvalue weighted by Crippen LogP contribution is -2.27. The quantitative estimate of drug-likeness (QED) is 0.517. The van der Waals surface area contributed by atoms with Gasteiger partial charge in [-0.25, -0.2) is 9.59 Å². The first kappa shape index (κ1) is 26.0. The van der Waals surface area contributed by atoms with Crippen LogP contribution in [0.3, 0.4) is 0 Å². The van der Waals surface area contributed by atoms with Gasteiger partial charge >= 0.3 is 11.9 Å². The zero-order valence-corrected chi connectivity index (χ0v) is 18.5. The highest BCUT2D eigenvalue weighted by atomic mass is 16.5. The van der Waals surface area contributed by atoms with Crippen molar-refractivity contribution in [2.75, 3.05) is 26.7 Å². The average molecular weight is 432 g/mol. The largest absolute Gasteiger partial charge is 0.493 e. The third-order valence-electron chi connectivity index (χ3n) is 4.44. The number of rotatable bonds is 11. The van der Waals surface area contributed by atoms with Crippen molar-refractivity contribution in [3.05, 3.63) is 59.7 Å². The number of methoxy groups -OCH3 is 1. The van der Waals surface area contributed by atoms with Gasteiger partial charge in [0.25, 0.3) is 0 Å². The number of carboxylic acids is 2. The normalized spacial score (nSPS) is 10.2. The molecule has 0 saturated heterocycles. The molecule has 0 amide bonds. The number of hydrogen-bond donors (Lipinski definition) is 2. The summed E-state index contributed by atoms with van der Waals surface area (Å²) >= 11 is 0. The maximum atomic E-state index is 9.10. The van der Waals surface area contributed by atoms with E-state index >= 15 is 0 Å². The highest BCUT2D eigenvalue weighted by Gasteiger charge is 2.08. The molecule has 0 bridgehead atoms. The average Bonchev–Trinajstić information content (AvgIpc) is 2.77. The number of nitrogens with zero attached hydrogens (tertiary/aromatic N) is 1. The van der Waals surface area contributed by atoms with Crippen LogP contribution in [-0.4, -0.2) is 53.8 Å². The van der Waals surface area contributed by atoms with Crippen LogP contribution in [-0.2, 0) is 22.6 Å². The van der Waals surface area contributed by atoms with Crippen LogP contribution in [0.4, 0.5) is 0 Å². The predicted octanol–water partition coefficient (Wildman–Crippen LogP) is 4.09. The van der Waals surface area contributed by atoms with Gasteiger partial charge in [0.2, 0.25) is 0 Å². The molecule has 0 unspecified atom stereocenters. The molecule has 2 aromatic carbocycles. The van der Waals surface area contributed by atoms with Crippen LogP contribution in [0.2, 0.25) is 0 Å². The topological polar surface area (TPSA) is 96.3 Å². The molecule has 170 valence electrons. The van der Waals surface area contributed by atoms with Gasteiger partial charge in [0.05, 0.1) is 7.11 Å². The fourth-order valence-electron chi connectivity index (χ4n) is 2.98. The molecule has 0 radical (unpaired) electrons. The summed E-state index contributed by atoms with van der Waals surface area (Å²) in [6.45, 7) is 8.46. The van der Waals surface area contributed by atoms with Crippen LogP contribution in [0.25, 0.3) is 0 Å². The Kier molecular flexibility index (Phi) is 12.4. The standard InChI is InChI=1S/C22H31NO2.C2H2O4/c1-4-14-23(15-5-2)16-13-19-11-12-21(24-3)22(17-19)25-18-20-9-7-6-8-10-20;3-1(4)2(5)6/h6-12,17H,4-5,13-16,18H2,1-3H3;(H,3,4)(H,5,6). The zero-order chi connectivity index (χ0) is 23.1. The van der Waals surface area contributed by atoms with Crippen molar-refractivity contribution in [2.24, 2.45) is 0 Å². The van der Waals surface area contributed by atoms with E-state index in [9.17, 15) is 0 Å². The summed E-state index contributed by atoms with van der Waals surface area (Å²) in [6.07, 6.45) is 3.44. The number of carboxylic acid groups (broad SMARTS) is 2. The number of carbonyl (C=O) groups is 2. The third kappa shape index (κ3) is 10.5. The van der Waals surface area contributed by atoms with E-state index in [1.807, 2.05) is 24.3 Å². The van der Waals surface area contributed by atoms with Gasteiger partial charge in [-0.2, -0.15) is 0 Å². The van der Waals surface area contributed by atoms with Crippen LogP contribution in [0.5, 0.6) is 11.5 Å². The Balaban J connectivity index is 0.000000703. The Labute approximate surface area is 184 Å². The molecule has 7 nitrogen and oxygen atoms in total. The Morgan fingerprint density at radius 1 is 0.839 bits per heavy atom. The lowest BCUT2D eigenvalue weighted by atomic mass is 10.1. The second-order valence-electron chi connectivity index (χ2n) is 6.96. The summed E-state index contributed by atoms with van der Waals surface area (Å²) in [5.74, 6) is -2.04. The van der Waals surface area contributed by atoms with Gasteiger partial charge in [-0.15, -0.1) is 0 Å². The van der Waals surface area contributed by atoms with Crippen LogP contribution >= 0.6 is 0 Å². The molecule has 0 spiro atoms. The lowest BCUT2D eigenvalue weighted by Gasteiger charge is -2.21. The van der Waals surface area contributed by atoms with Gasteiger partial charge in [-0.1, -0.05) is 50.2 Å². The first-order valence-electron chi connectivity index (χ1n) is 10.4. The fourth-order valence-corrected chi connectivity index (χ4v) is 2.98. The van der Waals surface area contributed by atoms with Gasteiger partial charge in [0.15, 0.2) is 11.5 Å². The molecule has 2 aromatic rings. The summed E-state index contributed by atoms with van der Waals surface area (Å²) in [6, 6.07) is 16.5. The van der Waals surface area contributed by atoms with Gasteiger partial charge in [0.1, 0.15) is 6.61 Å². The summed E-state index contributed by atoms with van der Waals surface area (Å²) in [5, 5.41) is 14.8. The monoisotopic (exact) mass is 431 g/mol. The maximum absolute atomic E-state index is 9.10. The first-order valence-corrected chi connectivity index (χ1v) is 10.4.